The number of nitriles is 1. The summed E-state index contributed by atoms with van der Waals surface area (Å²) in [6.45, 7) is 5.54. The van der Waals surface area contributed by atoms with Crippen molar-refractivity contribution in [1.29, 1.82) is 5.26 Å². The summed E-state index contributed by atoms with van der Waals surface area (Å²) < 4.78 is 5.51. The third-order valence-electron chi connectivity index (χ3n) is 4.74. The molecule has 6 heteroatoms. The van der Waals surface area contributed by atoms with Crippen molar-refractivity contribution in [2.24, 2.45) is 0 Å². The van der Waals surface area contributed by atoms with E-state index in [4.69, 9.17) is 4.74 Å². The Balaban J connectivity index is 1.85. The van der Waals surface area contributed by atoms with E-state index in [1.807, 2.05) is 20.8 Å². The second-order valence-corrected chi connectivity index (χ2v) is 7.72. The van der Waals surface area contributed by atoms with Gasteiger partial charge in [-0.15, -0.1) is 0 Å². The third-order valence-corrected chi connectivity index (χ3v) is 4.74. The summed E-state index contributed by atoms with van der Waals surface area (Å²) in [5, 5.41) is 20.5. The molecule has 1 amide bonds. The van der Waals surface area contributed by atoms with Crippen LogP contribution in [-0.4, -0.2) is 38.8 Å². The topological polar surface area (TPSA) is 86.4 Å². The molecule has 2 saturated heterocycles. The molecule has 24 heavy (non-hydrogen) atoms. The molecule has 0 aliphatic carbocycles. The first-order valence-electron chi connectivity index (χ1n) is 8.33. The van der Waals surface area contributed by atoms with Gasteiger partial charge in [-0.05, 0) is 45.7 Å². The van der Waals surface area contributed by atoms with Gasteiger partial charge in [0.05, 0.1) is 11.3 Å². The number of carbonyl (C=O) groups excluding carboxylic acids is 1. The van der Waals surface area contributed by atoms with Gasteiger partial charge >= 0.3 is 6.09 Å². The Morgan fingerprint density at radius 2 is 2.04 bits per heavy atom. The van der Waals surface area contributed by atoms with Gasteiger partial charge in [0.1, 0.15) is 17.3 Å². The highest BCUT2D eigenvalue weighted by Gasteiger charge is 2.52. The minimum atomic E-state index is -1.17. The van der Waals surface area contributed by atoms with Gasteiger partial charge in [0.25, 0.3) is 0 Å². The molecule has 0 saturated carbocycles. The number of fused-ring (bicyclic) bond motifs is 2. The number of aromatic nitrogens is 1. The standard InChI is InChI=1S/C18H23N3O3/c1-17(2,3)24-16(22)21-13-6-7-14(21)10-18(23,9-13)15-12(11-19)5-4-8-20-15/h4-5,8,13-14,23H,6-7,9-10H2,1-3H3. The molecular formula is C18H23N3O3. The molecular weight excluding hydrogens is 306 g/mol. The molecule has 1 aromatic rings. The maximum Gasteiger partial charge on any atom is 0.410 e. The monoisotopic (exact) mass is 329 g/mol. The van der Waals surface area contributed by atoms with Crippen molar-refractivity contribution >= 4 is 6.09 Å². The van der Waals surface area contributed by atoms with Crippen LogP contribution in [0.15, 0.2) is 18.3 Å². The van der Waals surface area contributed by atoms with Crippen LogP contribution in [0.1, 0.15) is 57.7 Å². The van der Waals surface area contributed by atoms with E-state index in [0.29, 0.717) is 24.1 Å². The number of hydrogen-bond donors (Lipinski definition) is 1. The van der Waals surface area contributed by atoms with Crippen LogP contribution in [0.5, 0.6) is 0 Å². The number of piperidine rings is 1. The van der Waals surface area contributed by atoms with Crippen LogP contribution in [0.3, 0.4) is 0 Å². The molecule has 2 unspecified atom stereocenters. The zero-order valence-corrected chi connectivity index (χ0v) is 14.3. The number of pyridine rings is 1. The number of rotatable bonds is 1. The van der Waals surface area contributed by atoms with Gasteiger partial charge in [-0.3, -0.25) is 4.98 Å². The maximum atomic E-state index is 12.5. The number of carbonyl (C=O) groups is 1. The number of nitrogens with zero attached hydrogens (tertiary/aromatic N) is 3. The summed E-state index contributed by atoms with van der Waals surface area (Å²) in [5.74, 6) is 0. The molecule has 2 aliphatic heterocycles. The lowest BCUT2D eigenvalue weighted by molar-refractivity contribution is -0.0648. The van der Waals surface area contributed by atoms with Crippen molar-refractivity contribution in [3.8, 4) is 6.07 Å². The highest BCUT2D eigenvalue weighted by atomic mass is 16.6. The lowest BCUT2D eigenvalue weighted by atomic mass is 9.81. The molecule has 1 aromatic heterocycles. The van der Waals surface area contributed by atoms with Crippen LogP contribution >= 0.6 is 0 Å². The Hall–Kier alpha value is -2.13. The van der Waals surface area contributed by atoms with E-state index in [9.17, 15) is 15.2 Å². The molecule has 0 aromatic carbocycles. The van der Waals surface area contributed by atoms with Crippen LogP contribution in [0.4, 0.5) is 4.79 Å². The molecule has 128 valence electrons. The minimum absolute atomic E-state index is 0.0860. The van der Waals surface area contributed by atoms with E-state index >= 15 is 0 Å². The first-order chi connectivity index (χ1) is 11.2. The summed E-state index contributed by atoms with van der Waals surface area (Å²) in [7, 11) is 0. The molecule has 0 spiro atoms. The molecule has 2 atom stereocenters. The van der Waals surface area contributed by atoms with Crippen LogP contribution in [0.2, 0.25) is 0 Å². The van der Waals surface area contributed by atoms with Gasteiger partial charge in [0.2, 0.25) is 0 Å². The summed E-state index contributed by atoms with van der Waals surface area (Å²) >= 11 is 0. The van der Waals surface area contributed by atoms with E-state index in [2.05, 4.69) is 11.1 Å². The Labute approximate surface area is 142 Å². The van der Waals surface area contributed by atoms with Crippen molar-refractivity contribution in [3.63, 3.8) is 0 Å². The first-order valence-corrected chi connectivity index (χ1v) is 8.33. The fraction of sp³-hybridized carbons (Fsp3) is 0.611. The van der Waals surface area contributed by atoms with Crippen molar-refractivity contribution in [2.75, 3.05) is 0 Å². The first kappa shape index (κ1) is 16.7. The average molecular weight is 329 g/mol. The summed E-state index contributed by atoms with van der Waals surface area (Å²) in [6.07, 6.45) is 3.71. The molecule has 3 heterocycles. The number of aliphatic hydroxyl groups is 1. The van der Waals surface area contributed by atoms with Crippen molar-refractivity contribution in [2.45, 2.75) is 69.7 Å². The van der Waals surface area contributed by atoms with Crippen molar-refractivity contribution in [1.82, 2.24) is 9.88 Å². The highest BCUT2D eigenvalue weighted by molar-refractivity contribution is 5.70. The molecule has 3 rings (SSSR count). The number of hydrogen-bond acceptors (Lipinski definition) is 5. The largest absolute Gasteiger partial charge is 0.444 e. The quantitative estimate of drug-likeness (QED) is 0.856. The van der Waals surface area contributed by atoms with Gasteiger partial charge in [-0.1, -0.05) is 0 Å². The highest BCUT2D eigenvalue weighted by Crippen LogP contribution is 2.46. The van der Waals surface area contributed by atoms with E-state index in [0.717, 1.165) is 12.8 Å². The molecule has 6 nitrogen and oxygen atoms in total. The third kappa shape index (κ3) is 2.96. The second kappa shape index (κ2) is 5.75. The Bertz CT molecular complexity index is 675. The van der Waals surface area contributed by atoms with E-state index in [1.165, 1.54) is 0 Å². The van der Waals surface area contributed by atoms with Gasteiger partial charge in [-0.25, -0.2) is 4.79 Å². The predicted octanol–water partition coefficient (Wildman–Crippen LogP) is 2.70. The zero-order chi connectivity index (χ0) is 17.5. The van der Waals surface area contributed by atoms with Gasteiger partial charge < -0.3 is 14.7 Å². The summed E-state index contributed by atoms with van der Waals surface area (Å²) in [6, 6.07) is 5.29. The van der Waals surface area contributed by atoms with Crippen LogP contribution in [0.25, 0.3) is 0 Å². The summed E-state index contributed by atoms with van der Waals surface area (Å²) in [5.41, 5.74) is -0.894. The molecule has 0 radical (unpaired) electrons. The van der Waals surface area contributed by atoms with E-state index < -0.39 is 11.2 Å². The molecule has 2 bridgehead atoms. The van der Waals surface area contributed by atoms with E-state index in [-0.39, 0.29) is 18.2 Å². The van der Waals surface area contributed by atoms with Crippen molar-refractivity contribution in [3.05, 3.63) is 29.6 Å². The average Bonchev–Trinajstić information content (AvgIpc) is 2.78. The fourth-order valence-electron chi connectivity index (χ4n) is 3.90. The van der Waals surface area contributed by atoms with Gasteiger partial charge in [0.15, 0.2) is 0 Å². The Morgan fingerprint density at radius 3 is 2.58 bits per heavy atom. The lowest BCUT2D eigenvalue weighted by Crippen LogP contribution is -2.53. The van der Waals surface area contributed by atoms with Gasteiger partial charge in [0, 0.05) is 31.1 Å². The molecule has 1 N–H and O–H groups in total. The number of ether oxygens (including phenoxy) is 1. The van der Waals surface area contributed by atoms with Gasteiger partial charge in [-0.2, -0.15) is 5.26 Å². The fourth-order valence-corrected chi connectivity index (χ4v) is 3.90. The zero-order valence-electron chi connectivity index (χ0n) is 14.3. The normalized spacial score (nSPS) is 29.2. The number of amides is 1. The predicted molar refractivity (Wildman–Crippen MR) is 87.0 cm³/mol. The van der Waals surface area contributed by atoms with Crippen LogP contribution in [-0.2, 0) is 10.3 Å². The Kier molecular flexibility index (Phi) is 4.00. The SMILES string of the molecule is CC(C)(C)OC(=O)N1C2CCC1CC(O)(c1ncccc1C#N)C2. The minimum Gasteiger partial charge on any atom is -0.444 e. The smallest absolute Gasteiger partial charge is 0.410 e. The maximum absolute atomic E-state index is 12.5. The van der Waals surface area contributed by atoms with Crippen LogP contribution in [0, 0.1) is 11.3 Å². The van der Waals surface area contributed by atoms with E-state index in [1.54, 1.807) is 23.2 Å². The molecule has 2 aliphatic rings. The van der Waals surface area contributed by atoms with Crippen LogP contribution < -0.4 is 0 Å². The molecule has 2 fully saturated rings. The van der Waals surface area contributed by atoms with Crippen molar-refractivity contribution < 1.29 is 14.6 Å². The second-order valence-electron chi connectivity index (χ2n) is 7.72. The lowest BCUT2D eigenvalue weighted by Gasteiger charge is -2.43. The Morgan fingerprint density at radius 1 is 1.42 bits per heavy atom. The summed E-state index contributed by atoms with van der Waals surface area (Å²) in [4.78, 5) is 18.5.